The van der Waals surface area contributed by atoms with Crippen LogP contribution in [-0.2, 0) is 6.42 Å². The van der Waals surface area contributed by atoms with Gasteiger partial charge in [0, 0.05) is 5.02 Å². The molecule has 0 spiro atoms. The molecule has 90 valence electrons. The lowest BCUT2D eigenvalue weighted by Crippen LogP contribution is -1.89. The van der Waals surface area contributed by atoms with E-state index in [9.17, 15) is 0 Å². The van der Waals surface area contributed by atoms with E-state index in [-0.39, 0.29) is 0 Å². The average molecular weight is 239 g/mol. The van der Waals surface area contributed by atoms with Crippen LogP contribution < -0.4 is 0 Å². The second-order valence-electron chi connectivity index (χ2n) is 4.61. The van der Waals surface area contributed by atoms with Crippen LogP contribution in [0.5, 0.6) is 0 Å². The SMILES string of the molecule is CCCCCCCCc1cc(C)ccc1Cl. The number of benzene rings is 1. The Morgan fingerprint density at radius 1 is 1.00 bits per heavy atom. The molecule has 0 bridgehead atoms. The van der Waals surface area contributed by atoms with E-state index in [2.05, 4.69) is 26.0 Å². The molecule has 0 aliphatic rings. The average Bonchev–Trinajstić information content (AvgIpc) is 2.28. The smallest absolute Gasteiger partial charge is 0.0438 e. The Bertz CT molecular complexity index is 304. The molecule has 16 heavy (non-hydrogen) atoms. The number of halogens is 1. The molecule has 0 amide bonds. The number of hydrogen-bond acceptors (Lipinski definition) is 0. The van der Waals surface area contributed by atoms with Crippen LogP contribution in [0.1, 0.15) is 56.6 Å². The molecule has 1 aromatic carbocycles. The summed E-state index contributed by atoms with van der Waals surface area (Å²) < 4.78 is 0. The molecular formula is C15H23Cl. The Morgan fingerprint density at radius 3 is 2.44 bits per heavy atom. The van der Waals surface area contributed by atoms with Crippen molar-refractivity contribution in [3.63, 3.8) is 0 Å². The number of rotatable bonds is 7. The van der Waals surface area contributed by atoms with E-state index < -0.39 is 0 Å². The molecule has 0 radical (unpaired) electrons. The largest absolute Gasteiger partial charge is 0.0840 e. The first-order valence-electron chi connectivity index (χ1n) is 6.49. The van der Waals surface area contributed by atoms with Crippen molar-refractivity contribution < 1.29 is 0 Å². The molecule has 0 heterocycles. The zero-order valence-corrected chi connectivity index (χ0v) is 11.3. The van der Waals surface area contributed by atoms with Crippen LogP contribution in [0, 0.1) is 6.92 Å². The minimum atomic E-state index is 0.930. The molecule has 0 aromatic heterocycles. The molecule has 0 N–H and O–H groups in total. The van der Waals surface area contributed by atoms with Crippen LogP contribution in [0.4, 0.5) is 0 Å². The molecule has 1 aromatic rings. The summed E-state index contributed by atoms with van der Waals surface area (Å²) in [6.45, 7) is 4.38. The van der Waals surface area contributed by atoms with Crippen molar-refractivity contribution in [1.29, 1.82) is 0 Å². The summed E-state index contributed by atoms with van der Waals surface area (Å²) in [5.74, 6) is 0. The summed E-state index contributed by atoms with van der Waals surface area (Å²) in [5, 5.41) is 0.930. The second-order valence-corrected chi connectivity index (χ2v) is 5.02. The van der Waals surface area contributed by atoms with Gasteiger partial charge in [0.25, 0.3) is 0 Å². The minimum absolute atomic E-state index is 0.930. The topological polar surface area (TPSA) is 0 Å². The second kappa shape index (κ2) is 7.73. The van der Waals surface area contributed by atoms with Crippen molar-refractivity contribution in [1.82, 2.24) is 0 Å². The third kappa shape index (κ3) is 5.03. The van der Waals surface area contributed by atoms with E-state index in [0.29, 0.717) is 0 Å². The van der Waals surface area contributed by atoms with Gasteiger partial charge < -0.3 is 0 Å². The molecular weight excluding hydrogens is 216 g/mol. The quantitative estimate of drug-likeness (QED) is 0.546. The van der Waals surface area contributed by atoms with Crippen molar-refractivity contribution in [3.8, 4) is 0 Å². The van der Waals surface area contributed by atoms with Crippen molar-refractivity contribution >= 4 is 11.6 Å². The number of hydrogen-bond donors (Lipinski definition) is 0. The first kappa shape index (κ1) is 13.6. The van der Waals surface area contributed by atoms with E-state index in [1.807, 2.05) is 6.07 Å². The van der Waals surface area contributed by atoms with E-state index in [1.165, 1.54) is 49.7 Å². The Hall–Kier alpha value is -0.490. The van der Waals surface area contributed by atoms with Gasteiger partial charge in [0.1, 0.15) is 0 Å². The molecule has 0 fully saturated rings. The highest BCUT2D eigenvalue weighted by Crippen LogP contribution is 2.20. The molecule has 0 nitrogen and oxygen atoms in total. The lowest BCUT2D eigenvalue weighted by atomic mass is 10.0. The summed E-state index contributed by atoms with van der Waals surface area (Å²) >= 11 is 6.16. The Kier molecular flexibility index (Phi) is 6.56. The van der Waals surface area contributed by atoms with Crippen LogP contribution in [0.25, 0.3) is 0 Å². The lowest BCUT2D eigenvalue weighted by molar-refractivity contribution is 0.607. The summed E-state index contributed by atoms with van der Waals surface area (Å²) in [7, 11) is 0. The maximum absolute atomic E-state index is 6.16. The first-order chi connectivity index (χ1) is 7.74. The van der Waals surface area contributed by atoms with Gasteiger partial charge in [-0.1, -0.05) is 68.3 Å². The highest BCUT2D eigenvalue weighted by atomic mass is 35.5. The van der Waals surface area contributed by atoms with Gasteiger partial charge in [-0.15, -0.1) is 0 Å². The Labute approximate surface area is 105 Å². The summed E-state index contributed by atoms with van der Waals surface area (Å²) in [5.41, 5.74) is 2.63. The van der Waals surface area contributed by atoms with E-state index in [0.717, 1.165) is 11.4 Å². The fourth-order valence-electron chi connectivity index (χ4n) is 1.99. The highest BCUT2D eigenvalue weighted by molar-refractivity contribution is 6.31. The van der Waals surface area contributed by atoms with Crippen LogP contribution in [0.2, 0.25) is 5.02 Å². The standard InChI is InChI=1S/C15H23Cl/c1-3-4-5-6-7-8-9-14-12-13(2)10-11-15(14)16/h10-12H,3-9H2,1-2H3. The minimum Gasteiger partial charge on any atom is -0.0840 e. The first-order valence-corrected chi connectivity index (χ1v) is 6.87. The van der Waals surface area contributed by atoms with Crippen molar-refractivity contribution in [2.75, 3.05) is 0 Å². The van der Waals surface area contributed by atoms with E-state index in [4.69, 9.17) is 11.6 Å². The molecule has 0 aliphatic heterocycles. The molecule has 1 heteroatoms. The summed E-state index contributed by atoms with van der Waals surface area (Å²) in [6, 6.07) is 6.31. The fourth-order valence-corrected chi connectivity index (χ4v) is 2.20. The number of aryl methyl sites for hydroxylation is 2. The van der Waals surface area contributed by atoms with Gasteiger partial charge in [-0.05, 0) is 31.4 Å². The third-order valence-corrected chi connectivity index (χ3v) is 3.37. The molecule has 0 saturated heterocycles. The Balaban J connectivity index is 2.23. The van der Waals surface area contributed by atoms with Crippen LogP contribution in [-0.4, -0.2) is 0 Å². The summed E-state index contributed by atoms with van der Waals surface area (Å²) in [4.78, 5) is 0. The van der Waals surface area contributed by atoms with Crippen molar-refractivity contribution in [2.24, 2.45) is 0 Å². The lowest BCUT2D eigenvalue weighted by Gasteiger charge is -2.05. The van der Waals surface area contributed by atoms with Gasteiger partial charge in [0.15, 0.2) is 0 Å². The van der Waals surface area contributed by atoms with Gasteiger partial charge in [0.05, 0.1) is 0 Å². The highest BCUT2D eigenvalue weighted by Gasteiger charge is 2.00. The fraction of sp³-hybridized carbons (Fsp3) is 0.600. The van der Waals surface area contributed by atoms with Crippen LogP contribution in [0.3, 0.4) is 0 Å². The van der Waals surface area contributed by atoms with Crippen molar-refractivity contribution in [3.05, 3.63) is 34.3 Å². The van der Waals surface area contributed by atoms with Crippen LogP contribution in [0.15, 0.2) is 18.2 Å². The van der Waals surface area contributed by atoms with Crippen molar-refractivity contribution in [2.45, 2.75) is 58.8 Å². The maximum Gasteiger partial charge on any atom is 0.0438 e. The van der Waals surface area contributed by atoms with Gasteiger partial charge >= 0.3 is 0 Å². The van der Waals surface area contributed by atoms with Gasteiger partial charge in [-0.2, -0.15) is 0 Å². The Morgan fingerprint density at radius 2 is 1.69 bits per heavy atom. The van der Waals surface area contributed by atoms with Crippen LogP contribution >= 0.6 is 11.6 Å². The predicted molar refractivity (Wildman–Crippen MR) is 73.3 cm³/mol. The molecule has 0 aliphatic carbocycles. The molecule has 1 rings (SSSR count). The number of unbranched alkanes of at least 4 members (excludes halogenated alkanes) is 5. The monoisotopic (exact) mass is 238 g/mol. The third-order valence-electron chi connectivity index (χ3n) is 3.00. The molecule has 0 saturated carbocycles. The summed E-state index contributed by atoms with van der Waals surface area (Å²) in [6.07, 6.45) is 9.20. The van der Waals surface area contributed by atoms with E-state index >= 15 is 0 Å². The molecule has 0 atom stereocenters. The zero-order chi connectivity index (χ0) is 11.8. The normalized spacial score (nSPS) is 10.7. The van der Waals surface area contributed by atoms with E-state index in [1.54, 1.807) is 0 Å². The zero-order valence-electron chi connectivity index (χ0n) is 10.6. The van der Waals surface area contributed by atoms with Gasteiger partial charge in [-0.3, -0.25) is 0 Å². The maximum atomic E-state index is 6.16. The molecule has 0 unspecified atom stereocenters. The predicted octanol–water partition coefficient (Wildman–Crippen LogP) is 5.55. The van der Waals surface area contributed by atoms with Gasteiger partial charge in [0.2, 0.25) is 0 Å². The van der Waals surface area contributed by atoms with Gasteiger partial charge in [-0.25, -0.2) is 0 Å².